The lowest BCUT2D eigenvalue weighted by Crippen LogP contribution is -2.24. The summed E-state index contributed by atoms with van der Waals surface area (Å²) in [6.45, 7) is 0.466. The number of amides is 1. The molecule has 4 rings (SSSR count). The van der Waals surface area contributed by atoms with E-state index in [9.17, 15) is 4.79 Å². The maximum Gasteiger partial charge on any atom is 0.257 e. The molecule has 1 saturated heterocycles. The van der Waals surface area contributed by atoms with Gasteiger partial charge in [-0.3, -0.25) is 4.79 Å². The van der Waals surface area contributed by atoms with Crippen LogP contribution in [0.5, 0.6) is 11.5 Å². The molecule has 0 radical (unpaired) electrons. The average molecular weight is 408 g/mol. The van der Waals surface area contributed by atoms with E-state index in [2.05, 4.69) is 10.1 Å². The van der Waals surface area contributed by atoms with Crippen LogP contribution in [0.25, 0.3) is 11.5 Å². The molecule has 30 heavy (non-hydrogen) atoms. The molecule has 1 fully saturated rings. The van der Waals surface area contributed by atoms with Crippen LogP contribution in [-0.4, -0.2) is 50.9 Å². The highest BCUT2D eigenvalue weighted by Crippen LogP contribution is 2.35. The Morgan fingerprint density at radius 2 is 1.73 bits per heavy atom. The first-order valence-electron chi connectivity index (χ1n) is 9.63. The van der Waals surface area contributed by atoms with Crippen molar-refractivity contribution < 1.29 is 18.8 Å². The van der Waals surface area contributed by atoms with E-state index in [0.29, 0.717) is 36.2 Å². The molecule has 8 heteroatoms. The number of hydrogen-bond donors (Lipinski definition) is 0. The summed E-state index contributed by atoms with van der Waals surface area (Å²) in [7, 11) is 7.14. The van der Waals surface area contributed by atoms with Crippen molar-refractivity contribution in [1.82, 2.24) is 10.1 Å². The monoisotopic (exact) mass is 408 g/mol. The van der Waals surface area contributed by atoms with Crippen molar-refractivity contribution >= 4 is 17.3 Å². The SMILES string of the molecule is COc1cc(OC)cc(N2CC(c3noc(-c4ccc(N(C)C)cc4)n3)CC2=O)c1. The smallest absolute Gasteiger partial charge is 0.257 e. The highest BCUT2D eigenvalue weighted by atomic mass is 16.5. The highest BCUT2D eigenvalue weighted by molar-refractivity contribution is 5.96. The second-order valence-electron chi connectivity index (χ2n) is 7.38. The third kappa shape index (κ3) is 3.80. The van der Waals surface area contributed by atoms with Crippen molar-refractivity contribution in [3.8, 4) is 23.0 Å². The van der Waals surface area contributed by atoms with Crippen molar-refractivity contribution in [2.45, 2.75) is 12.3 Å². The van der Waals surface area contributed by atoms with Crippen LogP contribution in [0.15, 0.2) is 47.0 Å². The molecule has 1 unspecified atom stereocenters. The number of carbonyl (C=O) groups excluding carboxylic acids is 1. The number of carbonyl (C=O) groups is 1. The van der Waals surface area contributed by atoms with Crippen molar-refractivity contribution in [3.63, 3.8) is 0 Å². The first-order valence-corrected chi connectivity index (χ1v) is 9.63. The number of anilines is 2. The molecule has 0 spiro atoms. The molecule has 1 aromatic heterocycles. The van der Waals surface area contributed by atoms with E-state index in [1.807, 2.05) is 55.4 Å². The molecule has 0 N–H and O–H groups in total. The van der Waals surface area contributed by atoms with Gasteiger partial charge in [-0.2, -0.15) is 4.98 Å². The molecule has 1 atom stereocenters. The normalized spacial score (nSPS) is 16.1. The average Bonchev–Trinajstić information content (AvgIpc) is 3.40. The van der Waals surface area contributed by atoms with Gasteiger partial charge in [0, 0.05) is 62.4 Å². The topological polar surface area (TPSA) is 80.9 Å². The molecule has 1 aliphatic heterocycles. The summed E-state index contributed by atoms with van der Waals surface area (Å²) < 4.78 is 16.1. The highest BCUT2D eigenvalue weighted by Gasteiger charge is 2.35. The predicted octanol–water partition coefficient (Wildman–Crippen LogP) is 3.34. The fraction of sp³-hybridized carbons (Fsp3) is 0.318. The lowest BCUT2D eigenvalue weighted by Gasteiger charge is -2.18. The third-order valence-electron chi connectivity index (χ3n) is 5.21. The van der Waals surface area contributed by atoms with Gasteiger partial charge in [0.2, 0.25) is 5.91 Å². The van der Waals surface area contributed by atoms with Crippen LogP contribution in [0.4, 0.5) is 11.4 Å². The Morgan fingerprint density at radius 3 is 2.33 bits per heavy atom. The minimum Gasteiger partial charge on any atom is -0.497 e. The summed E-state index contributed by atoms with van der Waals surface area (Å²) >= 11 is 0. The van der Waals surface area contributed by atoms with Gasteiger partial charge in [0.15, 0.2) is 5.82 Å². The second-order valence-corrected chi connectivity index (χ2v) is 7.38. The van der Waals surface area contributed by atoms with Crippen LogP contribution in [0.3, 0.4) is 0 Å². The first-order chi connectivity index (χ1) is 14.5. The van der Waals surface area contributed by atoms with Gasteiger partial charge >= 0.3 is 0 Å². The molecule has 8 nitrogen and oxygen atoms in total. The Balaban J connectivity index is 1.54. The summed E-state index contributed by atoms with van der Waals surface area (Å²) in [6, 6.07) is 13.3. The lowest BCUT2D eigenvalue weighted by atomic mass is 10.1. The van der Waals surface area contributed by atoms with Crippen LogP contribution in [0.1, 0.15) is 18.2 Å². The summed E-state index contributed by atoms with van der Waals surface area (Å²) in [6.07, 6.45) is 0.318. The molecule has 2 aromatic carbocycles. The quantitative estimate of drug-likeness (QED) is 0.619. The minimum absolute atomic E-state index is 0.00279. The number of methoxy groups -OCH3 is 2. The van der Waals surface area contributed by atoms with Crippen LogP contribution in [0, 0.1) is 0 Å². The number of benzene rings is 2. The predicted molar refractivity (Wildman–Crippen MR) is 113 cm³/mol. The fourth-order valence-corrected chi connectivity index (χ4v) is 3.50. The number of nitrogens with zero attached hydrogens (tertiary/aromatic N) is 4. The van der Waals surface area contributed by atoms with E-state index >= 15 is 0 Å². The zero-order valence-electron chi connectivity index (χ0n) is 17.5. The van der Waals surface area contributed by atoms with Gasteiger partial charge in [0.25, 0.3) is 5.89 Å². The molecule has 2 heterocycles. The molecule has 1 amide bonds. The van der Waals surface area contributed by atoms with Gasteiger partial charge in [0.05, 0.1) is 19.9 Å². The van der Waals surface area contributed by atoms with Crippen molar-refractivity contribution in [3.05, 3.63) is 48.3 Å². The van der Waals surface area contributed by atoms with Crippen LogP contribution < -0.4 is 19.3 Å². The van der Waals surface area contributed by atoms with E-state index in [0.717, 1.165) is 16.9 Å². The Bertz CT molecular complexity index is 1020. The number of ether oxygens (including phenoxy) is 2. The van der Waals surface area contributed by atoms with Crippen molar-refractivity contribution in [2.24, 2.45) is 0 Å². The van der Waals surface area contributed by atoms with Gasteiger partial charge in [-0.05, 0) is 24.3 Å². The minimum atomic E-state index is -0.145. The van der Waals surface area contributed by atoms with Gasteiger partial charge in [0.1, 0.15) is 11.5 Å². The number of aromatic nitrogens is 2. The maximum absolute atomic E-state index is 12.7. The second kappa shape index (κ2) is 8.06. The van der Waals surface area contributed by atoms with Crippen molar-refractivity contribution in [1.29, 1.82) is 0 Å². The fourth-order valence-electron chi connectivity index (χ4n) is 3.50. The molecular weight excluding hydrogens is 384 g/mol. The molecule has 0 bridgehead atoms. The van der Waals surface area contributed by atoms with Crippen LogP contribution in [0.2, 0.25) is 0 Å². The molecule has 1 aliphatic rings. The maximum atomic E-state index is 12.7. The Kier molecular flexibility index (Phi) is 5.31. The standard InChI is InChI=1S/C22H24N4O4/c1-25(2)16-7-5-14(6-8-16)22-23-21(24-30-22)15-9-20(27)26(13-15)17-10-18(28-3)12-19(11-17)29-4/h5-8,10-12,15H,9,13H2,1-4H3. The zero-order chi connectivity index (χ0) is 21.3. The molecular formula is C22H24N4O4. The molecule has 0 aliphatic carbocycles. The third-order valence-corrected chi connectivity index (χ3v) is 5.21. The van der Waals surface area contributed by atoms with E-state index in [-0.39, 0.29) is 11.8 Å². The van der Waals surface area contributed by atoms with E-state index in [4.69, 9.17) is 14.0 Å². The van der Waals surface area contributed by atoms with E-state index in [1.54, 1.807) is 25.2 Å². The van der Waals surface area contributed by atoms with Gasteiger partial charge in [-0.25, -0.2) is 0 Å². The summed E-state index contributed by atoms with van der Waals surface area (Å²) in [5.74, 6) is 2.09. The lowest BCUT2D eigenvalue weighted by molar-refractivity contribution is -0.117. The largest absolute Gasteiger partial charge is 0.497 e. The number of hydrogen-bond acceptors (Lipinski definition) is 7. The van der Waals surface area contributed by atoms with Gasteiger partial charge in [-0.1, -0.05) is 5.16 Å². The Labute approximate surface area is 175 Å². The summed E-state index contributed by atoms with van der Waals surface area (Å²) in [5.41, 5.74) is 2.66. The number of rotatable bonds is 6. The zero-order valence-corrected chi connectivity index (χ0v) is 17.5. The molecule has 3 aromatic rings. The van der Waals surface area contributed by atoms with E-state index < -0.39 is 0 Å². The molecule has 0 saturated carbocycles. The Morgan fingerprint density at radius 1 is 1.07 bits per heavy atom. The summed E-state index contributed by atoms with van der Waals surface area (Å²) in [4.78, 5) is 21.0. The van der Waals surface area contributed by atoms with Crippen LogP contribution >= 0.6 is 0 Å². The molecule has 156 valence electrons. The van der Waals surface area contributed by atoms with Crippen LogP contribution in [-0.2, 0) is 4.79 Å². The van der Waals surface area contributed by atoms with Gasteiger partial charge in [-0.15, -0.1) is 0 Å². The first kappa shape index (κ1) is 19.8. The summed E-state index contributed by atoms with van der Waals surface area (Å²) in [5, 5.41) is 4.14. The Hall–Kier alpha value is -3.55. The van der Waals surface area contributed by atoms with Gasteiger partial charge < -0.3 is 23.8 Å². The van der Waals surface area contributed by atoms with Crippen molar-refractivity contribution in [2.75, 3.05) is 44.7 Å². The van der Waals surface area contributed by atoms with E-state index in [1.165, 1.54) is 0 Å².